The van der Waals surface area contributed by atoms with Gasteiger partial charge >= 0.3 is 0 Å². The van der Waals surface area contributed by atoms with Crippen LogP contribution in [0.1, 0.15) is 0 Å². The van der Waals surface area contributed by atoms with Crippen molar-refractivity contribution in [2.45, 2.75) is 0 Å². The molecule has 0 spiro atoms. The van der Waals surface area contributed by atoms with Crippen LogP contribution in [0.5, 0.6) is 0 Å². The highest BCUT2D eigenvalue weighted by Gasteiger charge is 2.25. The fraction of sp³-hybridized carbons (Fsp3) is 0. The summed E-state index contributed by atoms with van der Waals surface area (Å²) < 4.78 is 14.4. The zero-order valence-electron chi connectivity index (χ0n) is 67.1. The van der Waals surface area contributed by atoms with Gasteiger partial charge in [0.1, 0.15) is 0 Å². The third kappa shape index (κ3) is 10.8. The lowest BCUT2D eigenvalue weighted by molar-refractivity contribution is 1.17. The second-order valence-electron chi connectivity index (χ2n) is 32.8. The second-order valence-corrected chi connectivity index (χ2v) is 32.8. The summed E-state index contributed by atoms with van der Waals surface area (Å²) in [6.07, 6.45) is 0. The summed E-state index contributed by atoms with van der Waals surface area (Å²) in [5, 5.41) is 15.4. The molecule has 576 valence electrons. The summed E-state index contributed by atoms with van der Waals surface area (Å²) in [6.45, 7) is 0. The summed E-state index contributed by atoms with van der Waals surface area (Å²) in [4.78, 5) is 11.2. The SMILES string of the molecule is c1ccc(-c2nc(-c3ccc(-n4c5ccc(-c6ccc7c(c6)c6ccccc6n7-c6ccccc6)cc5c5cc(-c6ccc7c(c6)c6ccccc6n7-c6ccccc6)ccc54)cc3)nc3ccc(-n4c5ccc(-c6ccc7c(c6)c6ccccc6n7-c6ccccc6)cc5c5cc(-c6ccc7c(c6)c6ccccc6n7-c6ccccc6)ccc54)cc23)cc1. The Kier molecular flexibility index (Phi) is 15.3. The fourth-order valence-corrected chi connectivity index (χ4v) is 20.3. The minimum Gasteiger partial charge on any atom is -0.309 e. The van der Waals surface area contributed by atoms with E-state index in [9.17, 15) is 0 Å². The van der Waals surface area contributed by atoms with Gasteiger partial charge < -0.3 is 27.4 Å². The number of aromatic nitrogens is 8. The zero-order chi connectivity index (χ0) is 81.2. The summed E-state index contributed by atoms with van der Waals surface area (Å²) in [6, 6.07) is 160. The standard InChI is InChI=1S/C116H72N8/c1-6-24-73(25-7-1)115-101-72-88(124-113-62-50-81(77-46-58-109-95(66-77)91-36-18-22-40-105(91)121(109)85-30-12-4-13-31-85)70-99(113)100-71-82(51-63-114(100)124)78-47-59-110-96(67-78)92-37-19-23-41-106(92)122(110)86-32-14-5-15-33-86)54-55-102(101)117-116(118-115)74-42-52-87(53-43-74)123-111-60-48-79(75-44-56-107-93(64-75)89-34-16-20-38-103(89)119(107)83-26-8-2-9-27-83)68-97(111)98-69-80(49-61-112(98)123)76-45-57-108-94(65-76)90-35-17-21-39-104(90)120(108)84-28-10-3-11-29-84/h1-72H. The van der Waals surface area contributed by atoms with Crippen LogP contribution in [0.3, 0.4) is 0 Å². The lowest BCUT2D eigenvalue weighted by Gasteiger charge is -2.14. The van der Waals surface area contributed by atoms with Gasteiger partial charge in [0.05, 0.1) is 77.4 Å². The van der Waals surface area contributed by atoms with Crippen LogP contribution in [-0.4, -0.2) is 37.4 Å². The van der Waals surface area contributed by atoms with E-state index in [1.165, 1.54) is 98.0 Å². The molecule has 0 saturated carbocycles. The number of hydrogen-bond donors (Lipinski definition) is 0. The maximum Gasteiger partial charge on any atom is 0.160 e. The van der Waals surface area contributed by atoms with E-state index < -0.39 is 0 Å². The van der Waals surface area contributed by atoms with Crippen LogP contribution in [0.25, 0.3) is 243 Å². The van der Waals surface area contributed by atoms with Gasteiger partial charge in [0, 0.05) is 115 Å². The molecule has 8 nitrogen and oxygen atoms in total. The van der Waals surface area contributed by atoms with Crippen LogP contribution in [0, 0.1) is 0 Å². The van der Waals surface area contributed by atoms with E-state index in [1.807, 2.05) is 0 Å². The lowest BCUT2D eigenvalue weighted by atomic mass is 9.98. The summed E-state index contributed by atoms with van der Waals surface area (Å²) in [5.41, 5.74) is 33.4. The Hall–Kier alpha value is -16.7. The predicted molar refractivity (Wildman–Crippen MR) is 518 cm³/mol. The molecule has 0 amide bonds. The van der Waals surface area contributed by atoms with Crippen LogP contribution >= 0.6 is 0 Å². The first-order valence-corrected chi connectivity index (χ1v) is 42.5. The number of rotatable bonds is 12. The quantitative estimate of drug-likeness (QED) is 0.122. The molecule has 124 heavy (non-hydrogen) atoms. The molecule has 0 aliphatic carbocycles. The van der Waals surface area contributed by atoms with Gasteiger partial charge in [-0.05, 0) is 257 Å². The molecule has 0 aliphatic heterocycles. The Balaban J connectivity index is 0.607. The topological polar surface area (TPSA) is 55.4 Å². The van der Waals surface area contributed by atoms with E-state index >= 15 is 0 Å². The molecule has 19 aromatic carbocycles. The molecule has 0 aliphatic rings. The molecular formula is C116H72N8. The molecule has 0 atom stereocenters. The van der Waals surface area contributed by atoms with Crippen molar-refractivity contribution in [2.75, 3.05) is 0 Å². The molecule has 26 aromatic rings. The van der Waals surface area contributed by atoms with Crippen molar-refractivity contribution >= 4 is 142 Å². The first-order chi connectivity index (χ1) is 61.5. The number of hydrogen-bond acceptors (Lipinski definition) is 2. The Morgan fingerprint density at radius 3 is 0.637 bits per heavy atom. The smallest absolute Gasteiger partial charge is 0.160 e. The highest BCUT2D eigenvalue weighted by Crippen LogP contribution is 2.46. The van der Waals surface area contributed by atoms with Crippen molar-refractivity contribution in [3.63, 3.8) is 0 Å². The molecule has 0 radical (unpaired) electrons. The highest BCUT2D eigenvalue weighted by molar-refractivity contribution is 6.18. The average molecular weight is 1580 g/mol. The van der Waals surface area contributed by atoms with Gasteiger partial charge in [-0.3, -0.25) is 0 Å². The fourth-order valence-electron chi connectivity index (χ4n) is 20.3. The molecule has 0 saturated heterocycles. The van der Waals surface area contributed by atoms with E-state index in [0.717, 1.165) is 139 Å². The van der Waals surface area contributed by atoms with E-state index in [0.29, 0.717) is 5.82 Å². The van der Waals surface area contributed by atoms with Crippen molar-refractivity contribution in [3.8, 4) is 101 Å². The maximum atomic E-state index is 5.64. The highest BCUT2D eigenvalue weighted by atomic mass is 15.0. The normalized spacial score (nSPS) is 12.0. The summed E-state index contributed by atoms with van der Waals surface area (Å²) in [7, 11) is 0. The van der Waals surface area contributed by atoms with Crippen molar-refractivity contribution < 1.29 is 0 Å². The molecule has 8 heteroatoms. The Labute approximate surface area is 712 Å². The van der Waals surface area contributed by atoms with Crippen LogP contribution < -0.4 is 0 Å². The third-order valence-corrected chi connectivity index (χ3v) is 26.0. The largest absolute Gasteiger partial charge is 0.309 e. The Bertz CT molecular complexity index is 8460. The van der Waals surface area contributed by atoms with E-state index in [4.69, 9.17) is 9.97 Å². The second kappa shape index (κ2) is 27.4. The molecular weight excluding hydrogens is 1510 g/mol. The predicted octanol–water partition coefficient (Wildman–Crippen LogP) is 30.2. The zero-order valence-corrected chi connectivity index (χ0v) is 67.1. The molecule has 7 heterocycles. The van der Waals surface area contributed by atoms with Crippen LogP contribution in [-0.2, 0) is 0 Å². The molecule has 0 N–H and O–H groups in total. The van der Waals surface area contributed by atoms with Crippen LogP contribution in [0.2, 0.25) is 0 Å². The van der Waals surface area contributed by atoms with Gasteiger partial charge in [-0.15, -0.1) is 0 Å². The molecule has 0 unspecified atom stereocenters. The monoisotopic (exact) mass is 1580 g/mol. The maximum absolute atomic E-state index is 5.64. The van der Waals surface area contributed by atoms with Crippen LogP contribution in [0.15, 0.2) is 437 Å². The summed E-state index contributed by atoms with van der Waals surface area (Å²) >= 11 is 0. The van der Waals surface area contributed by atoms with Gasteiger partial charge in [0.15, 0.2) is 5.82 Å². The third-order valence-electron chi connectivity index (χ3n) is 26.0. The summed E-state index contributed by atoms with van der Waals surface area (Å²) in [5.74, 6) is 0.650. The van der Waals surface area contributed by atoms with Crippen molar-refractivity contribution in [1.82, 2.24) is 37.4 Å². The van der Waals surface area contributed by atoms with Crippen molar-refractivity contribution in [3.05, 3.63) is 437 Å². The molecule has 0 bridgehead atoms. The van der Waals surface area contributed by atoms with Gasteiger partial charge in [-0.25, -0.2) is 9.97 Å². The minimum absolute atomic E-state index is 0.650. The number of nitrogens with zero attached hydrogens (tertiary/aromatic N) is 8. The van der Waals surface area contributed by atoms with Gasteiger partial charge in [-0.1, -0.05) is 224 Å². The first kappa shape index (κ1) is 69.3. The minimum atomic E-state index is 0.650. The Morgan fingerprint density at radius 1 is 0.129 bits per heavy atom. The van der Waals surface area contributed by atoms with Crippen molar-refractivity contribution in [1.29, 1.82) is 0 Å². The number of fused-ring (bicyclic) bond motifs is 19. The van der Waals surface area contributed by atoms with E-state index in [2.05, 4.69) is 464 Å². The van der Waals surface area contributed by atoms with E-state index in [-0.39, 0.29) is 0 Å². The number of benzene rings is 19. The van der Waals surface area contributed by atoms with Crippen molar-refractivity contribution in [2.24, 2.45) is 0 Å². The van der Waals surface area contributed by atoms with Gasteiger partial charge in [-0.2, -0.15) is 0 Å². The van der Waals surface area contributed by atoms with Crippen LogP contribution in [0.4, 0.5) is 0 Å². The van der Waals surface area contributed by atoms with E-state index in [1.54, 1.807) is 0 Å². The molecule has 7 aromatic heterocycles. The van der Waals surface area contributed by atoms with Gasteiger partial charge in [0.2, 0.25) is 0 Å². The number of para-hydroxylation sites is 8. The lowest BCUT2D eigenvalue weighted by Crippen LogP contribution is -1.99. The molecule has 0 fully saturated rings. The Morgan fingerprint density at radius 2 is 0.347 bits per heavy atom. The van der Waals surface area contributed by atoms with Gasteiger partial charge in [0.25, 0.3) is 0 Å². The average Bonchev–Trinajstić information content (AvgIpc) is 1.65. The molecule has 26 rings (SSSR count). The first-order valence-electron chi connectivity index (χ1n) is 42.5.